The van der Waals surface area contributed by atoms with E-state index in [9.17, 15) is 4.39 Å². The third-order valence-electron chi connectivity index (χ3n) is 1.41. The topological polar surface area (TPSA) is 38.9 Å². The quantitative estimate of drug-likeness (QED) is 0.814. The third kappa shape index (κ3) is 3.27. The summed E-state index contributed by atoms with van der Waals surface area (Å²) >= 11 is 11.2. The van der Waals surface area contributed by atoms with Gasteiger partial charge in [-0.05, 0) is 6.07 Å². The second-order valence-corrected chi connectivity index (χ2v) is 3.02. The Morgan fingerprint density at radius 1 is 1.46 bits per heavy atom. The molecule has 0 saturated heterocycles. The molecule has 1 rings (SSSR count). The fourth-order valence-electron chi connectivity index (χ4n) is 0.783. The number of nitrogens with two attached hydrogens (primary N) is 1. The van der Waals surface area contributed by atoms with Crippen LogP contribution in [0.15, 0.2) is 12.1 Å². The third-order valence-corrected chi connectivity index (χ3v) is 1.92. The van der Waals surface area contributed by atoms with Crippen LogP contribution in [0, 0.1) is 0 Å². The molecule has 1 heterocycles. The summed E-state index contributed by atoms with van der Waals surface area (Å²) in [7, 11) is 0. The van der Waals surface area contributed by atoms with Crippen LogP contribution in [0.4, 0.5) is 4.39 Å². The molecule has 0 aliphatic carbocycles. The first kappa shape index (κ1) is 12.9. The lowest BCUT2D eigenvalue weighted by Gasteiger charge is -2.08. The van der Waals surface area contributed by atoms with E-state index in [0.717, 1.165) is 0 Å². The second-order valence-electron chi connectivity index (χ2n) is 2.27. The zero-order valence-electron chi connectivity index (χ0n) is 6.51. The maximum Gasteiger partial charge on any atom is 0.135 e. The summed E-state index contributed by atoms with van der Waals surface area (Å²) in [5, 5.41) is 0.433. The van der Waals surface area contributed by atoms with Gasteiger partial charge in [0.05, 0.1) is 6.04 Å². The minimum atomic E-state index is -0.720. The number of alkyl halides is 1. The molecule has 0 aliphatic heterocycles. The Bertz CT molecular complexity index is 282. The molecule has 2 N–H and O–H groups in total. The van der Waals surface area contributed by atoms with Crippen molar-refractivity contribution >= 4 is 35.6 Å². The molecular formula is C7H8Cl3FN2. The number of nitrogens with zero attached hydrogens (tertiary/aromatic N) is 1. The Labute approximate surface area is 91.6 Å². The molecule has 0 unspecified atom stereocenters. The summed E-state index contributed by atoms with van der Waals surface area (Å²) in [5.41, 5.74) is 5.88. The van der Waals surface area contributed by atoms with E-state index in [1.807, 2.05) is 0 Å². The molecule has 74 valence electrons. The van der Waals surface area contributed by atoms with E-state index in [4.69, 9.17) is 28.9 Å². The van der Waals surface area contributed by atoms with Crippen LogP contribution < -0.4 is 5.73 Å². The Balaban J connectivity index is 0.00000144. The van der Waals surface area contributed by atoms with Crippen molar-refractivity contribution in [3.63, 3.8) is 0 Å². The summed E-state index contributed by atoms with van der Waals surface area (Å²) in [6, 6.07) is 2.38. The number of hydrogen-bond donors (Lipinski definition) is 1. The normalized spacial score (nSPS) is 12.0. The van der Waals surface area contributed by atoms with Crippen molar-refractivity contribution in [2.24, 2.45) is 5.73 Å². The first-order valence-corrected chi connectivity index (χ1v) is 4.04. The van der Waals surface area contributed by atoms with Crippen LogP contribution in [0.2, 0.25) is 10.3 Å². The molecule has 0 bridgehead atoms. The van der Waals surface area contributed by atoms with Crippen molar-refractivity contribution in [1.29, 1.82) is 0 Å². The Morgan fingerprint density at radius 3 is 2.54 bits per heavy atom. The van der Waals surface area contributed by atoms with Crippen LogP contribution in [0.1, 0.15) is 11.6 Å². The molecule has 0 aromatic carbocycles. The van der Waals surface area contributed by atoms with Crippen molar-refractivity contribution in [3.8, 4) is 0 Å². The minimum absolute atomic E-state index is 0. The van der Waals surface area contributed by atoms with E-state index in [0.29, 0.717) is 5.56 Å². The first-order valence-electron chi connectivity index (χ1n) is 3.28. The van der Waals surface area contributed by atoms with Gasteiger partial charge in [-0.1, -0.05) is 29.3 Å². The summed E-state index contributed by atoms with van der Waals surface area (Å²) in [5.74, 6) is 0. The predicted molar refractivity (Wildman–Crippen MR) is 54.4 cm³/mol. The fourth-order valence-corrected chi connectivity index (χ4v) is 1.27. The van der Waals surface area contributed by atoms with Crippen LogP contribution in [0.3, 0.4) is 0 Å². The SMILES string of the molecule is Cl.N[C@H](CF)c1ccc(Cl)nc1Cl. The van der Waals surface area contributed by atoms with Crippen molar-refractivity contribution in [2.45, 2.75) is 6.04 Å². The van der Waals surface area contributed by atoms with E-state index < -0.39 is 12.7 Å². The van der Waals surface area contributed by atoms with Crippen LogP contribution in [0.5, 0.6) is 0 Å². The second kappa shape index (κ2) is 5.60. The molecule has 2 nitrogen and oxygen atoms in total. The van der Waals surface area contributed by atoms with E-state index >= 15 is 0 Å². The maximum atomic E-state index is 12.1. The number of hydrogen-bond acceptors (Lipinski definition) is 2. The van der Waals surface area contributed by atoms with Crippen molar-refractivity contribution in [1.82, 2.24) is 4.98 Å². The summed E-state index contributed by atoms with van der Waals surface area (Å²) < 4.78 is 12.1. The highest BCUT2D eigenvalue weighted by Gasteiger charge is 2.10. The van der Waals surface area contributed by atoms with E-state index in [1.54, 1.807) is 6.07 Å². The molecular weight excluding hydrogens is 237 g/mol. The Kier molecular flexibility index (Phi) is 5.56. The van der Waals surface area contributed by atoms with E-state index in [-0.39, 0.29) is 22.7 Å². The molecule has 0 saturated carbocycles. The monoisotopic (exact) mass is 244 g/mol. The van der Waals surface area contributed by atoms with Gasteiger partial charge in [0.1, 0.15) is 17.0 Å². The molecule has 1 aromatic rings. The number of halogens is 4. The zero-order chi connectivity index (χ0) is 9.14. The average Bonchev–Trinajstić information content (AvgIpc) is 2.03. The van der Waals surface area contributed by atoms with E-state index in [2.05, 4.69) is 4.98 Å². The van der Waals surface area contributed by atoms with Crippen LogP contribution in [0.25, 0.3) is 0 Å². The van der Waals surface area contributed by atoms with Gasteiger partial charge in [-0.2, -0.15) is 0 Å². The number of pyridine rings is 1. The lowest BCUT2D eigenvalue weighted by atomic mass is 10.1. The molecule has 1 aromatic heterocycles. The predicted octanol–water partition coefficient (Wildman–Crippen LogP) is 2.78. The summed E-state index contributed by atoms with van der Waals surface area (Å²) in [6.45, 7) is -0.664. The zero-order valence-corrected chi connectivity index (χ0v) is 8.83. The maximum absolute atomic E-state index is 12.1. The lowest BCUT2D eigenvalue weighted by Crippen LogP contribution is -2.13. The molecule has 13 heavy (non-hydrogen) atoms. The summed E-state index contributed by atoms with van der Waals surface area (Å²) in [6.07, 6.45) is 0. The number of aromatic nitrogens is 1. The minimum Gasteiger partial charge on any atom is -0.322 e. The van der Waals surface area contributed by atoms with Gasteiger partial charge in [-0.3, -0.25) is 0 Å². The molecule has 0 radical (unpaired) electrons. The molecule has 0 spiro atoms. The highest BCUT2D eigenvalue weighted by Crippen LogP contribution is 2.21. The van der Waals surface area contributed by atoms with Gasteiger partial charge in [0, 0.05) is 5.56 Å². The molecule has 6 heteroatoms. The van der Waals surface area contributed by atoms with Gasteiger partial charge in [0.2, 0.25) is 0 Å². The van der Waals surface area contributed by atoms with Gasteiger partial charge in [-0.15, -0.1) is 12.4 Å². The van der Waals surface area contributed by atoms with Crippen molar-refractivity contribution in [2.75, 3.05) is 6.67 Å². The largest absolute Gasteiger partial charge is 0.322 e. The van der Waals surface area contributed by atoms with Gasteiger partial charge in [0.15, 0.2) is 0 Å². The van der Waals surface area contributed by atoms with Gasteiger partial charge in [0.25, 0.3) is 0 Å². The highest BCUT2D eigenvalue weighted by molar-refractivity contribution is 6.32. The van der Waals surface area contributed by atoms with Crippen molar-refractivity contribution in [3.05, 3.63) is 28.0 Å². The average molecular weight is 246 g/mol. The lowest BCUT2D eigenvalue weighted by molar-refractivity contribution is 0.436. The van der Waals surface area contributed by atoms with Crippen molar-refractivity contribution < 1.29 is 4.39 Å². The van der Waals surface area contributed by atoms with Crippen LogP contribution >= 0.6 is 35.6 Å². The Morgan fingerprint density at radius 2 is 2.08 bits per heavy atom. The fraction of sp³-hybridized carbons (Fsp3) is 0.286. The molecule has 1 atom stereocenters. The highest BCUT2D eigenvalue weighted by atomic mass is 35.5. The molecule has 0 fully saturated rings. The standard InChI is InChI=1S/C7H7Cl2FN2.ClH/c8-6-2-1-4(5(11)3-10)7(9)12-6;/h1-2,5H,3,11H2;1H/t5-;/m1./s1. The Hall–Kier alpha value is -0.0900. The summed E-state index contributed by atoms with van der Waals surface area (Å²) in [4.78, 5) is 3.73. The smallest absolute Gasteiger partial charge is 0.135 e. The van der Waals surface area contributed by atoms with Gasteiger partial charge < -0.3 is 5.73 Å². The first-order chi connectivity index (χ1) is 5.65. The van der Waals surface area contributed by atoms with Gasteiger partial charge in [-0.25, -0.2) is 9.37 Å². The van der Waals surface area contributed by atoms with Crippen LogP contribution in [-0.4, -0.2) is 11.7 Å². The van der Waals surface area contributed by atoms with E-state index in [1.165, 1.54) is 6.07 Å². The van der Waals surface area contributed by atoms with Crippen LogP contribution in [-0.2, 0) is 0 Å². The van der Waals surface area contributed by atoms with Gasteiger partial charge >= 0.3 is 0 Å². The molecule has 0 aliphatic rings. The molecule has 0 amide bonds. The number of rotatable bonds is 2.